The first-order chi connectivity index (χ1) is 8.00. The number of benzene rings is 1. The molecule has 0 aromatic heterocycles. The summed E-state index contributed by atoms with van der Waals surface area (Å²) in [4.78, 5) is 23.7. The molecule has 0 unspecified atom stereocenters. The molecule has 1 amide bonds. The maximum Gasteiger partial charge on any atom is 0.303 e. The van der Waals surface area contributed by atoms with Crippen LogP contribution in [0.5, 0.6) is 0 Å². The second-order valence-electron chi connectivity index (χ2n) is 3.73. The summed E-state index contributed by atoms with van der Waals surface area (Å²) >= 11 is 5.72. The largest absolute Gasteiger partial charge is 0.481 e. The monoisotopic (exact) mass is 255 g/mol. The first-order valence-corrected chi connectivity index (χ1v) is 5.61. The van der Waals surface area contributed by atoms with Crippen LogP contribution in [0.1, 0.15) is 23.2 Å². The van der Waals surface area contributed by atoms with Crippen molar-refractivity contribution in [3.05, 3.63) is 34.9 Å². The molecule has 92 valence electrons. The van der Waals surface area contributed by atoms with Crippen molar-refractivity contribution in [2.75, 3.05) is 13.6 Å². The van der Waals surface area contributed by atoms with E-state index in [2.05, 4.69) is 0 Å². The van der Waals surface area contributed by atoms with Crippen LogP contribution in [0.2, 0.25) is 5.02 Å². The highest BCUT2D eigenvalue weighted by Crippen LogP contribution is 2.11. The molecule has 0 aliphatic carbocycles. The molecule has 4 nitrogen and oxygen atoms in total. The molecule has 17 heavy (non-hydrogen) atoms. The second kappa shape index (κ2) is 6.25. The zero-order chi connectivity index (χ0) is 12.8. The first kappa shape index (κ1) is 13.5. The van der Waals surface area contributed by atoms with Gasteiger partial charge in [-0.2, -0.15) is 0 Å². The van der Waals surface area contributed by atoms with Gasteiger partial charge in [0.25, 0.3) is 5.91 Å². The fraction of sp³-hybridized carbons (Fsp3) is 0.333. The maximum atomic E-state index is 11.9. The number of rotatable bonds is 5. The lowest BCUT2D eigenvalue weighted by atomic mass is 10.2. The standard InChI is InChI=1S/C12H14ClNO3/c1-14(8-2-3-11(15)16)12(17)9-4-6-10(13)7-5-9/h4-7H,2-3,8H2,1H3,(H,15,16). The molecule has 0 atom stereocenters. The van der Waals surface area contributed by atoms with Gasteiger partial charge in [0.1, 0.15) is 0 Å². The summed E-state index contributed by atoms with van der Waals surface area (Å²) < 4.78 is 0. The second-order valence-corrected chi connectivity index (χ2v) is 4.17. The molecule has 1 aromatic rings. The zero-order valence-corrected chi connectivity index (χ0v) is 10.3. The molecule has 0 aliphatic rings. The van der Waals surface area contributed by atoms with Crippen molar-refractivity contribution in [1.82, 2.24) is 4.90 Å². The summed E-state index contributed by atoms with van der Waals surface area (Å²) in [6.07, 6.45) is 0.517. The SMILES string of the molecule is CN(CCCC(=O)O)C(=O)c1ccc(Cl)cc1. The smallest absolute Gasteiger partial charge is 0.303 e. The third-order valence-electron chi connectivity index (χ3n) is 2.32. The van der Waals surface area contributed by atoms with Crippen molar-refractivity contribution in [3.63, 3.8) is 0 Å². The normalized spacial score (nSPS) is 10.0. The van der Waals surface area contributed by atoms with Crippen molar-refractivity contribution >= 4 is 23.5 Å². The molecular weight excluding hydrogens is 242 g/mol. The van der Waals surface area contributed by atoms with Crippen LogP contribution in [-0.2, 0) is 4.79 Å². The van der Waals surface area contributed by atoms with Crippen LogP contribution in [0, 0.1) is 0 Å². The minimum Gasteiger partial charge on any atom is -0.481 e. The molecule has 0 heterocycles. The lowest BCUT2D eigenvalue weighted by Gasteiger charge is -2.16. The third kappa shape index (κ3) is 4.44. The van der Waals surface area contributed by atoms with E-state index >= 15 is 0 Å². The van der Waals surface area contributed by atoms with Crippen LogP contribution in [0.3, 0.4) is 0 Å². The van der Waals surface area contributed by atoms with Crippen molar-refractivity contribution in [1.29, 1.82) is 0 Å². The van der Waals surface area contributed by atoms with E-state index in [1.165, 1.54) is 4.90 Å². The summed E-state index contributed by atoms with van der Waals surface area (Å²) in [7, 11) is 1.65. The van der Waals surface area contributed by atoms with E-state index in [9.17, 15) is 9.59 Å². The van der Waals surface area contributed by atoms with Crippen molar-refractivity contribution < 1.29 is 14.7 Å². The molecule has 1 rings (SSSR count). The van der Waals surface area contributed by atoms with Gasteiger partial charge in [-0.05, 0) is 30.7 Å². The number of carboxylic acids is 1. The topological polar surface area (TPSA) is 57.6 Å². The Morgan fingerprint density at radius 1 is 1.29 bits per heavy atom. The number of carboxylic acid groups (broad SMARTS) is 1. The minimum absolute atomic E-state index is 0.0677. The molecule has 0 bridgehead atoms. The average molecular weight is 256 g/mol. The van der Waals surface area contributed by atoms with Gasteiger partial charge in [0.2, 0.25) is 0 Å². The van der Waals surface area contributed by atoms with Gasteiger partial charge in [0.05, 0.1) is 0 Å². The van der Waals surface area contributed by atoms with Crippen LogP contribution >= 0.6 is 11.6 Å². The van der Waals surface area contributed by atoms with E-state index in [1.807, 2.05) is 0 Å². The Morgan fingerprint density at radius 2 is 1.88 bits per heavy atom. The van der Waals surface area contributed by atoms with Gasteiger partial charge in [-0.15, -0.1) is 0 Å². The van der Waals surface area contributed by atoms with Gasteiger partial charge < -0.3 is 10.0 Å². The Balaban J connectivity index is 2.51. The van der Waals surface area contributed by atoms with Gasteiger partial charge in [0, 0.05) is 30.6 Å². The van der Waals surface area contributed by atoms with Crippen molar-refractivity contribution in [2.45, 2.75) is 12.8 Å². The van der Waals surface area contributed by atoms with E-state index in [-0.39, 0.29) is 12.3 Å². The highest BCUT2D eigenvalue weighted by atomic mass is 35.5. The summed E-state index contributed by atoms with van der Waals surface area (Å²) in [6, 6.07) is 6.61. The van der Waals surface area contributed by atoms with E-state index in [4.69, 9.17) is 16.7 Å². The number of carbonyl (C=O) groups is 2. The number of hydrogen-bond donors (Lipinski definition) is 1. The predicted octanol–water partition coefficient (Wildman–Crippen LogP) is 2.28. The number of halogens is 1. The molecule has 0 radical (unpaired) electrons. The van der Waals surface area contributed by atoms with Crippen LogP contribution < -0.4 is 0 Å². The van der Waals surface area contributed by atoms with E-state index < -0.39 is 5.97 Å². The molecule has 0 saturated heterocycles. The molecule has 0 spiro atoms. The molecule has 0 aliphatic heterocycles. The first-order valence-electron chi connectivity index (χ1n) is 5.23. The minimum atomic E-state index is -0.850. The fourth-order valence-electron chi connectivity index (χ4n) is 1.38. The third-order valence-corrected chi connectivity index (χ3v) is 2.57. The van der Waals surface area contributed by atoms with Crippen LogP contribution in [0.4, 0.5) is 0 Å². The average Bonchev–Trinajstić information content (AvgIpc) is 2.28. The number of nitrogens with zero attached hydrogens (tertiary/aromatic N) is 1. The molecule has 1 aromatic carbocycles. The van der Waals surface area contributed by atoms with Gasteiger partial charge in [-0.3, -0.25) is 9.59 Å². The zero-order valence-electron chi connectivity index (χ0n) is 9.52. The van der Waals surface area contributed by atoms with E-state index in [1.54, 1.807) is 31.3 Å². The number of carbonyl (C=O) groups excluding carboxylic acids is 1. The maximum absolute atomic E-state index is 11.9. The summed E-state index contributed by atoms with van der Waals surface area (Å²) in [5, 5.41) is 9.07. The molecular formula is C12H14ClNO3. The fourth-order valence-corrected chi connectivity index (χ4v) is 1.51. The Hall–Kier alpha value is -1.55. The number of amides is 1. The lowest BCUT2D eigenvalue weighted by Crippen LogP contribution is -2.28. The number of aliphatic carboxylic acids is 1. The Bertz CT molecular complexity index is 403. The van der Waals surface area contributed by atoms with E-state index in [0.717, 1.165) is 0 Å². The van der Waals surface area contributed by atoms with Crippen molar-refractivity contribution in [2.24, 2.45) is 0 Å². The summed E-state index contributed by atoms with van der Waals surface area (Å²) in [5.74, 6) is -0.982. The molecule has 0 saturated carbocycles. The highest BCUT2D eigenvalue weighted by molar-refractivity contribution is 6.30. The van der Waals surface area contributed by atoms with Gasteiger partial charge in [0.15, 0.2) is 0 Å². The van der Waals surface area contributed by atoms with E-state index in [0.29, 0.717) is 23.6 Å². The van der Waals surface area contributed by atoms with Gasteiger partial charge in [-0.25, -0.2) is 0 Å². The Labute approximate surface area is 105 Å². The van der Waals surface area contributed by atoms with Gasteiger partial charge in [-0.1, -0.05) is 11.6 Å². The highest BCUT2D eigenvalue weighted by Gasteiger charge is 2.11. The van der Waals surface area contributed by atoms with Crippen LogP contribution in [-0.4, -0.2) is 35.5 Å². The Morgan fingerprint density at radius 3 is 2.41 bits per heavy atom. The lowest BCUT2D eigenvalue weighted by molar-refractivity contribution is -0.137. The molecule has 1 N–H and O–H groups in total. The van der Waals surface area contributed by atoms with Crippen LogP contribution in [0.25, 0.3) is 0 Å². The molecule has 0 fully saturated rings. The summed E-state index contributed by atoms with van der Waals surface area (Å²) in [6.45, 7) is 0.424. The number of hydrogen-bond acceptors (Lipinski definition) is 2. The molecule has 5 heteroatoms. The summed E-state index contributed by atoms with van der Waals surface area (Å²) in [5.41, 5.74) is 0.548. The van der Waals surface area contributed by atoms with Crippen LogP contribution in [0.15, 0.2) is 24.3 Å². The predicted molar refractivity (Wildman–Crippen MR) is 65.3 cm³/mol. The Kier molecular flexibility index (Phi) is 4.97. The quantitative estimate of drug-likeness (QED) is 0.878. The van der Waals surface area contributed by atoms with Gasteiger partial charge >= 0.3 is 5.97 Å². The van der Waals surface area contributed by atoms with Crippen molar-refractivity contribution in [3.8, 4) is 0 Å².